The number of fused-ring (bicyclic) bond motifs is 2. The van der Waals surface area contributed by atoms with E-state index < -0.39 is 0 Å². The molecule has 4 atom stereocenters. The third-order valence-electron chi connectivity index (χ3n) is 3.45. The molecule has 2 aliphatic heterocycles. The summed E-state index contributed by atoms with van der Waals surface area (Å²) in [4.78, 5) is 11.6. The van der Waals surface area contributed by atoms with Crippen molar-refractivity contribution < 1.29 is 37.5 Å². The zero-order valence-electron chi connectivity index (χ0n) is 8.86. The van der Waals surface area contributed by atoms with Crippen LogP contribution in [0.5, 0.6) is 0 Å². The van der Waals surface area contributed by atoms with Crippen LogP contribution in [-0.2, 0) is 37.5 Å². The van der Waals surface area contributed by atoms with Crippen LogP contribution in [-0.4, -0.2) is 24.0 Å². The second kappa shape index (κ2) is 5.04. The topological polar surface area (TPSA) is 43.2 Å². The summed E-state index contributed by atoms with van der Waals surface area (Å²) in [5, 5.41) is 7.60. The molecule has 3 nitrogen and oxygen atoms in total. The van der Waals surface area contributed by atoms with Crippen LogP contribution in [0.15, 0.2) is 0 Å². The van der Waals surface area contributed by atoms with Crippen molar-refractivity contribution in [1.29, 1.82) is 0 Å². The number of nitrogens with one attached hydrogen (secondary N) is 1. The summed E-state index contributed by atoms with van der Waals surface area (Å²) in [6.07, 6.45) is 3.34. The summed E-state index contributed by atoms with van der Waals surface area (Å²) in [6.45, 7) is 4.23. The molecule has 2 rings (SSSR count). The van der Waals surface area contributed by atoms with Gasteiger partial charge < -0.3 is 15.4 Å². The van der Waals surface area contributed by atoms with Crippen LogP contribution in [0.4, 0.5) is 0 Å². The zero-order chi connectivity index (χ0) is 9.42. The van der Waals surface area contributed by atoms with Gasteiger partial charge in [-0.3, -0.25) is 0 Å². The number of nitrogens with zero attached hydrogens (tertiary/aromatic N) is 1. The molecule has 1 N–H and O–H groups in total. The van der Waals surface area contributed by atoms with Crippen LogP contribution in [0.1, 0.15) is 33.1 Å². The van der Waals surface area contributed by atoms with Gasteiger partial charge in [0.25, 0.3) is 0 Å². The Morgan fingerprint density at radius 1 is 1.36 bits per heavy atom. The molecule has 0 saturated carbocycles. The van der Waals surface area contributed by atoms with E-state index in [1.54, 1.807) is 0 Å². The van der Waals surface area contributed by atoms with Crippen LogP contribution >= 0.6 is 0 Å². The standard InChI is InChI=1S/C10H18N2O.Y/c1-6-7(2)11-10(13)9-5-3-4-8(6)12-9;/h6-9,12H,3-5H2,1-2H3,(H,11,13);/p-1. The predicted octanol–water partition coefficient (Wildman–Crippen LogP) is 1.43. The number of carbonyl (C=O) groups excluding carboxylic acids is 1. The summed E-state index contributed by atoms with van der Waals surface area (Å²) in [7, 11) is 0. The number of carbonyl (C=O) groups is 1. The predicted molar refractivity (Wildman–Crippen MR) is 51.6 cm³/mol. The minimum absolute atomic E-state index is 0. The number of rotatable bonds is 0. The van der Waals surface area contributed by atoms with E-state index in [9.17, 15) is 4.79 Å². The smallest absolute Gasteiger partial charge is 0.0686 e. The fourth-order valence-electron chi connectivity index (χ4n) is 2.32. The minimum Gasteiger partial charge on any atom is -0.649 e. The van der Waals surface area contributed by atoms with E-state index in [-0.39, 0.29) is 50.7 Å². The fourth-order valence-corrected chi connectivity index (χ4v) is 2.32. The van der Waals surface area contributed by atoms with E-state index in [1.807, 2.05) is 6.92 Å². The Balaban J connectivity index is 0.000000980. The van der Waals surface area contributed by atoms with Gasteiger partial charge in [-0.15, -0.1) is 6.04 Å². The summed E-state index contributed by atoms with van der Waals surface area (Å²) in [6, 6.07) is 0.711. The molecule has 2 bridgehead atoms. The molecule has 2 heterocycles. The zero-order valence-corrected chi connectivity index (χ0v) is 11.7. The Kier molecular flexibility index (Phi) is 4.54. The Bertz CT molecular complexity index is 222. The molecule has 14 heavy (non-hydrogen) atoms. The van der Waals surface area contributed by atoms with Crippen molar-refractivity contribution in [3.05, 3.63) is 5.32 Å². The normalized spacial score (nSPS) is 42.0. The van der Waals surface area contributed by atoms with Crippen molar-refractivity contribution in [1.82, 2.24) is 5.32 Å². The van der Waals surface area contributed by atoms with Crippen molar-refractivity contribution in [2.24, 2.45) is 5.92 Å². The fraction of sp³-hybridized carbons (Fsp3) is 0.900. The van der Waals surface area contributed by atoms with Gasteiger partial charge in [0.1, 0.15) is 0 Å². The van der Waals surface area contributed by atoms with Gasteiger partial charge in [-0.1, -0.05) is 13.8 Å². The monoisotopic (exact) mass is 270 g/mol. The third kappa shape index (κ3) is 2.37. The van der Waals surface area contributed by atoms with Crippen molar-refractivity contribution in [3.63, 3.8) is 0 Å². The first kappa shape index (κ1) is 12.6. The van der Waals surface area contributed by atoms with Gasteiger partial charge >= 0.3 is 0 Å². The van der Waals surface area contributed by atoms with Crippen LogP contribution in [0, 0.1) is 5.92 Å². The molecule has 2 saturated heterocycles. The maximum atomic E-state index is 11.6. The van der Waals surface area contributed by atoms with E-state index in [2.05, 4.69) is 17.6 Å². The van der Waals surface area contributed by atoms with Gasteiger partial charge in [0.05, 0.1) is 5.91 Å². The molecule has 2 fully saturated rings. The second-order valence-corrected chi connectivity index (χ2v) is 4.32. The molecule has 1 radical (unpaired) electrons. The van der Waals surface area contributed by atoms with E-state index in [0.29, 0.717) is 12.0 Å². The van der Waals surface area contributed by atoms with Crippen molar-refractivity contribution >= 4 is 5.91 Å². The average molecular weight is 270 g/mol. The molecule has 2 aliphatic rings. The number of hydrogen-bond donors (Lipinski definition) is 1. The summed E-state index contributed by atoms with van der Waals surface area (Å²) >= 11 is 0. The Morgan fingerprint density at radius 2 is 2.07 bits per heavy atom. The van der Waals surface area contributed by atoms with Gasteiger partial charge in [-0.25, -0.2) is 0 Å². The second-order valence-electron chi connectivity index (χ2n) is 4.32. The maximum absolute atomic E-state index is 11.6. The Hall–Kier alpha value is 0.534. The van der Waals surface area contributed by atoms with Gasteiger partial charge in [-0.05, 0) is 25.2 Å². The largest absolute Gasteiger partial charge is 0.649 e. The first-order valence-electron chi connectivity index (χ1n) is 5.19. The molecule has 0 spiro atoms. The van der Waals surface area contributed by atoms with Gasteiger partial charge in [0, 0.05) is 44.8 Å². The number of amides is 1. The molecule has 77 valence electrons. The molecule has 0 aromatic rings. The average Bonchev–Trinajstić information content (AvgIpc) is 2.21. The van der Waals surface area contributed by atoms with Crippen molar-refractivity contribution in [2.75, 3.05) is 0 Å². The van der Waals surface area contributed by atoms with Gasteiger partial charge in [0.15, 0.2) is 0 Å². The SMILES string of the molecule is CC1[N-]C(=O)C2CCCC(N2)C1C.[Y]. The third-order valence-corrected chi connectivity index (χ3v) is 3.45. The van der Waals surface area contributed by atoms with Crippen LogP contribution in [0.3, 0.4) is 0 Å². The quantitative estimate of drug-likeness (QED) is 0.723. The van der Waals surface area contributed by atoms with Crippen LogP contribution in [0.25, 0.3) is 5.32 Å². The Morgan fingerprint density at radius 3 is 2.79 bits per heavy atom. The summed E-state index contributed by atoms with van der Waals surface area (Å²) in [5.74, 6) is 0.566. The van der Waals surface area contributed by atoms with E-state index in [1.165, 1.54) is 12.8 Å². The van der Waals surface area contributed by atoms with Gasteiger partial charge in [-0.2, -0.15) is 0 Å². The first-order valence-corrected chi connectivity index (χ1v) is 5.19. The van der Waals surface area contributed by atoms with Crippen molar-refractivity contribution in [2.45, 2.75) is 51.2 Å². The van der Waals surface area contributed by atoms with Crippen molar-refractivity contribution in [3.8, 4) is 0 Å². The van der Waals surface area contributed by atoms with Crippen LogP contribution in [0.2, 0.25) is 0 Å². The maximum Gasteiger partial charge on any atom is 0.0686 e. The molecule has 0 aromatic heterocycles. The molecule has 0 aliphatic carbocycles. The molecular formula is C10H17N2OY-. The number of piperidine rings is 1. The molecular weight excluding hydrogens is 253 g/mol. The van der Waals surface area contributed by atoms with E-state index in [4.69, 9.17) is 0 Å². The van der Waals surface area contributed by atoms with E-state index in [0.717, 1.165) is 6.42 Å². The molecule has 0 aromatic carbocycles. The first-order chi connectivity index (χ1) is 6.18. The Labute approximate surface area is 111 Å². The molecule has 4 heteroatoms. The molecule has 4 unspecified atom stereocenters. The van der Waals surface area contributed by atoms with Crippen LogP contribution < -0.4 is 5.32 Å². The summed E-state index contributed by atoms with van der Waals surface area (Å²) < 4.78 is 0. The summed E-state index contributed by atoms with van der Waals surface area (Å²) in [5.41, 5.74) is 0. The number of hydrogen-bond acceptors (Lipinski definition) is 2. The van der Waals surface area contributed by atoms with Gasteiger partial charge in [0.2, 0.25) is 0 Å². The van der Waals surface area contributed by atoms with E-state index >= 15 is 0 Å². The minimum atomic E-state index is 0. The molecule has 1 amide bonds.